The van der Waals surface area contributed by atoms with E-state index in [2.05, 4.69) is 30.9 Å². The highest BCUT2D eigenvalue weighted by molar-refractivity contribution is 9.10. The van der Waals surface area contributed by atoms with Crippen LogP contribution in [-0.4, -0.2) is 22.1 Å². The number of hydrogen-bond donors (Lipinski definition) is 1. The molecule has 1 N–H and O–H groups in total. The number of fused-ring (bicyclic) bond motifs is 1. The molecule has 0 fully saturated rings. The highest BCUT2D eigenvalue weighted by atomic mass is 79.9. The monoisotopic (exact) mass is 317 g/mol. The minimum atomic E-state index is 0.728. The number of aryl methyl sites for hydroxylation is 1. The van der Waals surface area contributed by atoms with E-state index in [1.54, 1.807) is 7.11 Å². The van der Waals surface area contributed by atoms with Crippen LogP contribution < -0.4 is 4.74 Å². The van der Waals surface area contributed by atoms with Crippen LogP contribution in [0.15, 0.2) is 34.8 Å². The molecule has 0 saturated carbocycles. The summed E-state index contributed by atoms with van der Waals surface area (Å²) in [6.07, 6.45) is 0. The number of methoxy groups -OCH3 is 1. The van der Waals surface area contributed by atoms with Crippen molar-refractivity contribution in [2.24, 2.45) is 0 Å². The van der Waals surface area contributed by atoms with Crippen molar-refractivity contribution in [3.05, 3.63) is 40.5 Å². The van der Waals surface area contributed by atoms with Gasteiger partial charge in [0.25, 0.3) is 0 Å². The second kappa shape index (κ2) is 4.66. The molecule has 0 unspecified atom stereocenters. The Hall–Kier alpha value is -1.88. The minimum Gasteiger partial charge on any atom is -0.497 e. The van der Waals surface area contributed by atoms with Crippen LogP contribution in [0.3, 0.4) is 0 Å². The molecule has 2 aromatic heterocycles. The minimum absolute atomic E-state index is 0.728. The molecule has 0 radical (unpaired) electrons. The van der Waals surface area contributed by atoms with Crippen LogP contribution in [0.25, 0.3) is 22.6 Å². The van der Waals surface area contributed by atoms with E-state index in [0.29, 0.717) is 0 Å². The topological polar surface area (TPSA) is 50.8 Å². The van der Waals surface area contributed by atoms with Crippen molar-refractivity contribution in [1.82, 2.24) is 15.0 Å². The molecule has 0 atom stereocenters. The van der Waals surface area contributed by atoms with E-state index in [4.69, 9.17) is 4.74 Å². The SMILES string of the molecule is COc1ccc(-c2nc3nc(C)c(Br)cc3[nH]2)cc1. The van der Waals surface area contributed by atoms with Gasteiger partial charge >= 0.3 is 0 Å². The standard InChI is InChI=1S/C14H12BrN3O/c1-8-11(15)7-12-14(16-8)18-13(17-12)9-3-5-10(19-2)6-4-9/h3-7H,1-2H3,(H,16,17,18). The van der Waals surface area contributed by atoms with Crippen molar-refractivity contribution in [3.8, 4) is 17.1 Å². The Bertz CT molecular complexity index is 695. The first kappa shape index (κ1) is 12.2. The number of nitrogens with zero attached hydrogens (tertiary/aromatic N) is 2. The zero-order valence-electron chi connectivity index (χ0n) is 10.6. The average molecular weight is 318 g/mol. The number of nitrogens with one attached hydrogen (secondary N) is 1. The number of halogens is 1. The summed E-state index contributed by atoms with van der Waals surface area (Å²) in [6, 6.07) is 9.77. The lowest BCUT2D eigenvalue weighted by Crippen LogP contribution is -1.84. The third-order valence-corrected chi connectivity index (χ3v) is 3.77. The highest BCUT2D eigenvalue weighted by Gasteiger charge is 2.08. The van der Waals surface area contributed by atoms with Gasteiger partial charge in [0.2, 0.25) is 0 Å². The summed E-state index contributed by atoms with van der Waals surface area (Å²) in [5.41, 5.74) is 3.59. The molecule has 96 valence electrons. The molecular weight excluding hydrogens is 306 g/mol. The number of benzene rings is 1. The van der Waals surface area contributed by atoms with E-state index in [1.165, 1.54) is 0 Å². The Kier molecular flexibility index (Phi) is 2.98. The fourth-order valence-corrected chi connectivity index (χ4v) is 2.21. The van der Waals surface area contributed by atoms with Crippen molar-refractivity contribution in [1.29, 1.82) is 0 Å². The van der Waals surface area contributed by atoms with Gasteiger partial charge in [0.15, 0.2) is 5.65 Å². The number of H-pyrrole nitrogens is 1. The smallest absolute Gasteiger partial charge is 0.178 e. The Labute approximate surface area is 119 Å². The first-order valence-electron chi connectivity index (χ1n) is 5.84. The maximum Gasteiger partial charge on any atom is 0.178 e. The van der Waals surface area contributed by atoms with Crippen LogP contribution in [0.4, 0.5) is 0 Å². The molecule has 19 heavy (non-hydrogen) atoms. The zero-order chi connectivity index (χ0) is 13.4. The van der Waals surface area contributed by atoms with Gasteiger partial charge in [0.05, 0.1) is 18.3 Å². The number of rotatable bonds is 2. The number of imidazole rings is 1. The Morgan fingerprint density at radius 3 is 2.58 bits per heavy atom. The van der Waals surface area contributed by atoms with Gasteiger partial charge in [-0.25, -0.2) is 9.97 Å². The Morgan fingerprint density at radius 1 is 1.16 bits per heavy atom. The fraction of sp³-hybridized carbons (Fsp3) is 0.143. The lowest BCUT2D eigenvalue weighted by molar-refractivity contribution is 0.415. The lowest BCUT2D eigenvalue weighted by atomic mass is 10.2. The quantitative estimate of drug-likeness (QED) is 0.784. The molecule has 0 aliphatic carbocycles. The molecule has 0 bridgehead atoms. The highest BCUT2D eigenvalue weighted by Crippen LogP contribution is 2.24. The summed E-state index contributed by atoms with van der Waals surface area (Å²) >= 11 is 3.47. The van der Waals surface area contributed by atoms with Gasteiger partial charge in [-0.3, -0.25) is 0 Å². The van der Waals surface area contributed by atoms with Crippen LogP contribution in [-0.2, 0) is 0 Å². The molecule has 0 saturated heterocycles. The summed E-state index contributed by atoms with van der Waals surface area (Å²) < 4.78 is 6.12. The van der Waals surface area contributed by atoms with Crippen molar-refractivity contribution in [2.75, 3.05) is 7.11 Å². The maximum absolute atomic E-state index is 5.15. The third kappa shape index (κ3) is 2.21. The Morgan fingerprint density at radius 2 is 1.89 bits per heavy atom. The number of hydrogen-bond acceptors (Lipinski definition) is 3. The normalized spacial score (nSPS) is 10.9. The van der Waals surface area contributed by atoms with E-state index < -0.39 is 0 Å². The summed E-state index contributed by atoms with van der Waals surface area (Å²) in [4.78, 5) is 12.2. The predicted octanol–water partition coefficient (Wildman–Crippen LogP) is 3.70. The van der Waals surface area contributed by atoms with Crippen molar-refractivity contribution in [2.45, 2.75) is 6.92 Å². The van der Waals surface area contributed by atoms with E-state index in [9.17, 15) is 0 Å². The van der Waals surface area contributed by atoms with E-state index in [0.717, 1.165) is 38.5 Å². The fourth-order valence-electron chi connectivity index (χ4n) is 1.89. The summed E-state index contributed by atoms with van der Waals surface area (Å²) in [7, 11) is 1.65. The molecule has 0 amide bonds. The molecule has 5 heteroatoms. The second-order valence-corrected chi connectivity index (χ2v) is 5.10. The first-order valence-corrected chi connectivity index (χ1v) is 6.64. The van der Waals surface area contributed by atoms with Crippen molar-refractivity contribution < 1.29 is 4.74 Å². The molecular formula is C14H12BrN3O. The molecule has 3 aromatic rings. The predicted molar refractivity (Wildman–Crippen MR) is 78.3 cm³/mol. The number of aromatic nitrogens is 3. The van der Waals surface area contributed by atoms with Gasteiger partial charge in [-0.15, -0.1) is 0 Å². The van der Waals surface area contributed by atoms with E-state index >= 15 is 0 Å². The molecule has 0 aliphatic rings. The van der Waals surface area contributed by atoms with Crippen LogP contribution >= 0.6 is 15.9 Å². The molecule has 4 nitrogen and oxygen atoms in total. The van der Waals surface area contributed by atoms with E-state index in [1.807, 2.05) is 37.3 Å². The van der Waals surface area contributed by atoms with Gasteiger partial charge in [-0.1, -0.05) is 0 Å². The molecule has 0 aliphatic heterocycles. The number of pyridine rings is 1. The molecule has 3 rings (SSSR count). The van der Waals surface area contributed by atoms with Gasteiger partial charge in [-0.05, 0) is 53.2 Å². The number of aromatic amines is 1. The first-order chi connectivity index (χ1) is 9.17. The van der Waals surface area contributed by atoms with Gasteiger partial charge in [-0.2, -0.15) is 0 Å². The maximum atomic E-state index is 5.15. The van der Waals surface area contributed by atoms with Gasteiger partial charge in [0.1, 0.15) is 11.6 Å². The summed E-state index contributed by atoms with van der Waals surface area (Å²) in [5.74, 6) is 1.64. The van der Waals surface area contributed by atoms with Crippen LogP contribution in [0.1, 0.15) is 5.69 Å². The number of ether oxygens (including phenoxy) is 1. The van der Waals surface area contributed by atoms with Crippen LogP contribution in [0, 0.1) is 6.92 Å². The van der Waals surface area contributed by atoms with Crippen molar-refractivity contribution >= 4 is 27.1 Å². The largest absolute Gasteiger partial charge is 0.497 e. The van der Waals surface area contributed by atoms with Gasteiger partial charge in [0, 0.05) is 10.0 Å². The zero-order valence-corrected chi connectivity index (χ0v) is 12.2. The van der Waals surface area contributed by atoms with Crippen LogP contribution in [0.2, 0.25) is 0 Å². The summed E-state index contributed by atoms with van der Waals surface area (Å²) in [5, 5.41) is 0. The molecule has 1 aromatic carbocycles. The molecule has 0 spiro atoms. The lowest BCUT2D eigenvalue weighted by Gasteiger charge is -2.00. The second-order valence-electron chi connectivity index (χ2n) is 4.24. The summed E-state index contributed by atoms with van der Waals surface area (Å²) in [6.45, 7) is 1.95. The molecule has 2 heterocycles. The van der Waals surface area contributed by atoms with E-state index in [-0.39, 0.29) is 0 Å². The average Bonchev–Trinajstić information content (AvgIpc) is 2.82. The van der Waals surface area contributed by atoms with Gasteiger partial charge < -0.3 is 9.72 Å². The Balaban J connectivity index is 2.09. The van der Waals surface area contributed by atoms with Crippen molar-refractivity contribution in [3.63, 3.8) is 0 Å². The van der Waals surface area contributed by atoms with Crippen LogP contribution in [0.5, 0.6) is 5.75 Å². The third-order valence-electron chi connectivity index (χ3n) is 2.97.